The zero-order valence-electron chi connectivity index (χ0n) is 15.9. The summed E-state index contributed by atoms with van der Waals surface area (Å²) in [6.45, 7) is 1.10. The Morgan fingerprint density at radius 3 is 2.64 bits per heavy atom. The fourth-order valence-corrected chi connectivity index (χ4v) is 2.93. The average molecular weight is 385 g/mol. The standard InChI is InChI=1S/C20H21F2N5O/c1-14-17(15(2)27(24-14)16-7-5-4-6-8-16)9-10-19(28)25(3)13-18-23-11-12-26(18)20(21)22/h4-12,20H,13H2,1-3H3/b10-9+. The number of amides is 1. The second-order valence-corrected chi connectivity index (χ2v) is 6.39. The van der Waals surface area contributed by atoms with E-state index >= 15 is 0 Å². The van der Waals surface area contributed by atoms with Crippen molar-refractivity contribution in [1.29, 1.82) is 0 Å². The molecule has 2 aromatic heterocycles. The highest BCUT2D eigenvalue weighted by molar-refractivity contribution is 5.91. The molecule has 0 aliphatic heterocycles. The molecule has 0 saturated heterocycles. The first-order valence-corrected chi connectivity index (χ1v) is 8.73. The van der Waals surface area contributed by atoms with Crippen LogP contribution in [0.3, 0.4) is 0 Å². The van der Waals surface area contributed by atoms with E-state index in [1.807, 2.05) is 48.9 Å². The molecule has 0 spiro atoms. The summed E-state index contributed by atoms with van der Waals surface area (Å²) in [5, 5.41) is 4.54. The van der Waals surface area contributed by atoms with Crippen molar-refractivity contribution in [1.82, 2.24) is 24.2 Å². The third kappa shape index (κ3) is 4.00. The van der Waals surface area contributed by atoms with E-state index in [-0.39, 0.29) is 18.3 Å². The molecule has 0 aliphatic rings. The predicted octanol–water partition coefficient (Wildman–Crippen LogP) is 3.75. The Morgan fingerprint density at radius 2 is 1.96 bits per heavy atom. The van der Waals surface area contributed by atoms with Crippen LogP contribution in [-0.2, 0) is 11.3 Å². The first kappa shape index (κ1) is 19.5. The van der Waals surface area contributed by atoms with E-state index in [1.54, 1.807) is 13.1 Å². The van der Waals surface area contributed by atoms with Crippen LogP contribution < -0.4 is 0 Å². The van der Waals surface area contributed by atoms with Crippen molar-refractivity contribution >= 4 is 12.0 Å². The highest BCUT2D eigenvalue weighted by Crippen LogP contribution is 2.19. The van der Waals surface area contributed by atoms with Crippen molar-refractivity contribution < 1.29 is 13.6 Å². The molecule has 1 amide bonds. The maximum Gasteiger partial charge on any atom is 0.319 e. The second-order valence-electron chi connectivity index (χ2n) is 6.39. The Bertz CT molecular complexity index is 991. The van der Waals surface area contributed by atoms with Crippen molar-refractivity contribution in [2.45, 2.75) is 26.9 Å². The Labute approximate surface area is 161 Å². The number of halogens is 2. The van der Waals surface area contributed by atoms with Crippen LogP contribution >= 0.6 is 0 Å². The fraction of sp³-hybridized carbons (Fsp3) is 0.250. The summed E-state index contributed by atoms with van der Waals surface area (Å²) >= 11 is 0. The number of aryl methyl sites for hydroxylation is 1. The maximum absolute atomic E-state index is 12.9. The van der Waals surface area contributed by atoms with E-state index in [4.69, 9.17) is 0 Å². The van der Waals surface area contributed by atoms with E-state index in [9.17, 15) is 13.6 Å². The zero-order chi connectivity index (χ0) is 20.3. The van der Waals surface area contributed by atoms with Gasteiger partial charge in [0.05, 0.1) is 17.9 Å². The average Bonchev–Trinajstić information content (AvgIpc) is 3.25. The largest absolute Gasteiger partial charge is 0.335 e. The molecule has 6 nitrogen and oxygen atoms in total. The number of carbonyl (C=O) groups excluding carboxylic acids is 1. The van der Waals surface area contributed by atoms with Gasteiger partial charge in [0.2, 0.25) is 5.91 Å². The SMILES string of the molecule is Cc1nn(-c2ccccc2)c(C)c1/C=C/C(=O)N(C)Cc1nccn1C(F)F. The first-order chi connectivity index (χ1) is 13.4. The summed E-state index contributed by atoms with van der Waals surface area (Å²) in [5.41, 5.74) is 3.48. The Morgan fingerprint density at radius 1 is 1.25 bits per heavy atom. The number of carbonyl (C=O) groups is 1. The number of aromatic nitrogens is 4. The summed E-state index contributed by atoms with van der Waals surface area (Å²) in [7, 11) is 1.55. The molecule has 0 atom stereocenters. The summed E-state index contributed by atoms with van der Waals surface area (Å²) in [4.78, 5) is 17.6. The van der Waals surface area contributed by atoms with Gasteiger partial charge in [-0.1, -0.05) is 18.2 Å². The van der Waals surface area contributed by atoms with Crippen molar-refractivity contribution in [3.05, 3.63) is 71.6 Å². The highest BCUT2D eigenvalue weighted by Gasteiger charge is 2.16. The van der Waals surface area contributed by atoms with Crippen LogP contribution in [0.4, 0.5) is 8.78 Å². The maximum atomic E-state index is 12.9. The Hall–Kier alpha value is -3.29. The van der Waals surface area contributed by atoms with Crippen LogP contribution in [0.1, 0.15) is 29.3 Å². The molecule has 8 heteroatoms. The summed E-state index contributed by atoms with van der Waals surface area (Å²) in [5.74, 6) is -0.182. The topological polar surface area (TPSA) is 56.0 Å². The molecule has 3 aromatic rings. The molecule has 3 rings (SSSR count). The molecule has 28 heavy (non-hydrogen) atoms. The number of likely N-dealkylation sites (N-methyl/N-ethyl adjacent to an activating group) is 1. The lowest BCUT2D eigenvalue weighted by Gasteiger charge is -2.15. The van der Waals surface area contributed by atoms with Crippen molar-refractivity contribution in [3.63, 3.8) is 0 Å². The van der Waals surface area contributed by atoms with Crippen LogP contribution in [0, 0.1) is 13.8 Å². The van der Waals surface area contributed by atoms with Crippen molar-refractivity contribution in [3.8, 4) is 5.69 Å². The quantitative estimate of drug-likeness (QED) is 0.607. The molecule has 0 bridgehead atoms. The van der Waals surface area contributed by atoms with E-state index in [1.165, 1.54) is 23.4 Å². The molecular formula is C20H21F2N5O. The van der Waals surface area contributed by atoms with Gasteiger partial charge in [-0.05, 0) is 32.1 Å². The van der Waals surface area contributed by atoms with Gasteiger partial charge in [0, 0.05) is 36.8 Å². The molecule has 0 fully saturated rings. The fourth-order valence-electron chi connectivity index (χ4n) is 2.93. The van der Waals surface area contributed by atoms with Gasteiger partial charge in [-0.3, -0.25) is 9.36 Å². The van der Waals surface area contributed by atoms with Crippen molar-refractivity contribution in [2.24, 2.45) is 0 Å². The molecule has 0 unspecified atom stereocenters. The highest BCUT2D eigenvalue weighted by atomic mass is 19.3. The van der Waals surface area contributed by atoms with E-state index in [0.29, 0.717) is 0 Å². The smallest absolute Gasteiger partial charge is 0.319 e. The van der Waals surface area contributed by atoms with Crippen LogP contribution in [0.2, 0.25) is 0 Å². The van der Waals surface area contributed by atoms with Crippen LogP contribution in [0.25, 0.3) is 11.8 Å². The number of alkyl halides is 2. The van der Waals surface area contributed by atoms with Gasteiger partial charge in [-0.25, -0.2) is 9.67 Å². The van der Waals surface area contributed by atoms with Gasteiger partial charge in [-0.15, -0.1) is 0 Å². The zero-order valence-corrected chi connectivity index (χ0v) is 15.9. The van der Waals surface area contributed by atoms with E-state index in [0.717, 1.165) is 27.2 Å². The lowest BCUT2D eigenvalue weighted by Crippen LogP contribution is -2.26. The van der Waals surface area contributed by atoms with Crippen LogP contribution in [0.5, 0.6) is 0 Å². The number of benzene rings is 1. The molecule has 2 heterocycles. The monoisotopic (exact) mass is 385 g/mol. The van der Waals surface area contributed by atoms with E-state index in [2.05, 4.69) is 10.1 Å². The van der Waals surface area contributed by atoms with E-state index < -0.39 is 6.55 Å². The minimum Gasteiger partial charge on any atom is -0.335 e. The van der Waals surface area contributed by atoms with Gasteiger partial charge >= 0.3 is 6.55 Å². The minimum absolute atomic E-state index is 0.0121. The number of rotatable bonds is 6. The number of hydrogen-bond donors (Lipinski definition) is 0. The molecule has 0 N–H and O–H groups in total. The second kappa shape index (κ2) is 8.16. The normalized spacial score (nSPS) is 11.5. The number of nitrogens with zero attached hydrogens (tertiary/aromatic N) is 5. The third-order valence-corrected chi connectivity index (χ3v) is 4.45. The molecule has 0 aliphatic carbocycles. The lowest BCUT2D eigenvalue weighted by molar-refractivity contribution is -0.125. The molecule has 0 radical (unpaired) electrons. The summed E-state index contributed by atoms with van der Waals surface area (Å²) in [6.07, 6.45) is 5.61. The number of hydrogen-bond acceptors (Lipinski definition) is 3. The van der Waals surface area contributed by atoms with Crippen molar-refractivity contribution in [2.75, 3.05) is 7.05 Å². The Balaban J connectivity index is 1.75. The van der Waals surface area contributed by atoms with Crippen LogP contribution in [-0.4, -0.2) is 37.2 Å². The summed E-state index contributed by atoms with van der Waals surface area (Å²) < 4.78 is 28.4. The van der Waals surface area contributed by atoms with Gasteiger partial charge in [0.25, 0.3) is 0 Å². The third-order valence-electron chi connectivity index (χ3n) is 4.45. The lowest BCUT2D eigenvalue weighted by atomic mass is 10.2. The molecule has 146 valence electrons. The first-order valence-electron chi connectivity index (χ1n) is 8.73. The van der Waals surface area contributed by atoms with Gasteiger partial charge < -0.3 is 4.90 Å². The molecule has 0 saturated carbocycles. The molecular weight excluding hydrogens is 364 g/mol. The predicted molar refractivity (Wildman–Crippen MR) is 102 cm³/mol. The van der Waals surface area contributed by atoms with Gasteiger partial charge in [0.1, 0.15) is 5.82 Å². The minimum atomic E-state index is -2.69. The number of imidazole rings is 1. The van der Waals surface area contributed by atoms with Crippen LogP contribution in [0.15, 0.2) is 48.8 Å². The van der Waals surface area contributed by atoms with Gasteiger partial charge in [-0.2, -0.15) is 13.9 Å². The molecule has 1 aromatic carbocycles. The number of para-hydroxylation sites is 1. The van der Waals surface area contributed by atoms with Gasteiger partial charge in [0.15, 0.2) is 0 Å². The Kier molecular flexibility index (Phi) is 5.67. The summed E-state index contributed by atoms with van der Waals surface area (Å²) in [6, 6.07) is 9.71.